The monoisotopic (exact) mass is 482 g/mol. The third kappa shape index (κ3) is 7.14. The van der Waals surface area contributed by atoms with Crippen molar-refractivity contribution in [3.05, 3.63) is 42.2 Å². The second kappa shape index (κ2) is 11.6. The van der Waals surface area contributed by atoms with Gasteiger partial charge in [0, 0.05) is 6.54 Å². The minimum Gasteiger partial charge on any atom is -0.464 e. The molecule has 1 atom stereocenters. The highest BCUT2D eigenvalue weighted by molar-refractivity contribution is 5.98. The Balaban J connectivity index is 2.00. The molecule has 3 aromatic rings. The molecule has 188 valence electrons. The van der Waals surface area contributed by atoms with Crippen LogP contribution in [0.25, 0.3) is 10.8 Å². The minimum absolute atomic E-state index is 0.204. The van der Waals surface area contributed by atoms with E-state index in [0.29, 0.717) is 23.7 Å². The van der Waals surface area contributed by atoms with Crippen molar-refractivity contribution >= 4 is 34.2 Å². The zero-order chi connectivity index (χ0) is 25.4. The summed E-state index contributed by atoms with van der Waals surface area (Å²) in [7, 11) is 0. The van der Waals surface area contributed by atoms with Gasteiger partial charge in [0.2, 0.25) is 0 Å². The fourth-order valence-electron chi connectivity index (χ4n) is 3.58. The Hall–Kier alpha value is -3.69. The summed E-state index contributed by atoms with van der Waals surface area (Å²) in [6.45, 7) is 10.0. The maximum atomic E-state index is 13.0. The van der Waals surface area contributed by atoms with Crippen molar-refractivity contribution in [1.82, 2.24) is 20.2 Å². The van der Waals surface area contributed by atoms with Gasteiger partial charge in [0.1, 0.15) is 5.60 Å². The molecular weight excluding hydrogens is 448 g/mol. The molecule has 0 saturated heterocycles. The van der Waals surface area contributed by atoms with E-state index in [0.717, 1.165) is 30.0 Å². The number of tetrazole rings is 1. The van der Waals surface area contributed by atoms with Crippen molar-refractivity contribution in [2.24, 2.45) is 0 Å². The first-order valence-electron chi connectivity index (χ1n) is 11.9. The molecule has 0 fully saturated rings. The number of ether oxygens (including phenoxy) is 2. The smallest absolute Gasteiger partial charge is 0.412 e. The molecule has 0 aliphatic carbocycles. The fourth-order valence-corrected chi connectivity index (χ4v) is 3.58. The van der Waals surface area contributed by atoms with Crippen LogP contribution in [0.15, 0.2) is 36.4 Å². The van der Waals surface area contributed by atoms with Crippen molar-refractivity contribution in [3.8, 4) is 0 Å². The lowest BCUT2D eigenvalue weighted by Gasteiger charge is -2.23. The van der Waals surface area contributed by atoms with Gasteiger partial charge in [0.05, 0.1) is 18.0 Å². The standard InChI is InChI=1S/C25H34N6O4/c1-6-8-11-14-31-22(28-29-30-31)21(23(32)34-7-2)26-19-15-17-12-9-10-13-18(17)16-20(19)27-24(33)35-25(3,4)5/h9-10,12-13,15-16,21,26H,6-8,11,14H2,1-5H3,(H,27,33). The summed E-state index contributed by atoms with van der Waals surface area (Å²) in [5.41, 5.74) is 0.302. The van der Waals surface area contributed by atoms with E-state index < -0.39 is 23.7 Å². The normalized spacial score (nSPS) is 12.3. The predicted octanol–water partition coefficient (Wildman–Crippen LogP) is 5.08. The highest BCUT2D eigenvalue weighted by Gasteiger charge is 2.29. The number of benzene rings is 2. The van der Waals surface area contributed by atoms with Crippen LogP contribution in [0.2, 0.25) is 0 Å². The Morgan fingerprint density at radius 3 is 2.37 bits per heavy atom. The van der Waals surface area contributed by atoms with E-state index in [1.165, 1.54) is 0 Å². The predicted molar refractivity (Wildman–Crippen MR) is 134 cm³/mol. The largest absolute Gasteiger partial charge is 0.464 e. The molecule has 2 N–H and O–H groups in total. The van der Waals surface area contributed by atoms with Gasteiger partial charge < -0.3 is 14.8 Å². The number of fused-ring (bicyclic) bond motifs is 1. The topological polar surface area (TPSA) is 120 Å². The first-order chi connectivity index (χ1) is 16.7. The van der Waals surface area contributed by atoms with Gasteiger partial charge in [-0.25, -0.2) is 14.3 Å². The molecule has 10 heteroatoms. The van der Waals surface area contributed by atoms with Gasteiger partial charge in [-0.2, -0.15) is 0 Å². The van der Waals surface area contributed by atoms with Gasteiger partial charge >= 0.3 is 12.1 Å². The lowest BCUT2D eigenvalue weighted by Crippen LogP contribution is -2.29. The van der Waals surface area contributed by atoms with Crippen LogP contribution in [0.1, 0.15) is 65.7 Å². The van der Waals surface area contributed by atoms with Gasteiger partial charge in [0.25, 0.3) is 0 Å². The number of carbonyl (C=O) groups is 2. The van der Waals surface area contributed by atoms with Gasteiger partial charge in [-0.1, -0.05) is 44.0 Å². The van der Waals surface area contributed by atoms with Crippen LogP contribution >= 0.6 is 0 Å². The van der Waals surface area contributed by atoms with Crippen LogP contribution in [0, 0.1) is 0 Å². The lowest BCUT2D eigenvalue weighted by atomic mass is 10.1. The van der Waals surface area contributed by atoms with Gasteiger partial charge in [-0.05, 0) is 67.4 Å². The third-order valence-electron chi connectivity index (χ3n) is 5.13. The van der Waals surface area contributed by atoms with Crippen molar-refractivity contribution in [1.29, 1.82) is 0 Å². The van der Waals surface area contributed by atoms with E-state index in [1.807, 2.05) is 36.4 Å². The maximum Gasteiger partial charge on any atom is 0.412 e. The number of hydrogen-bond donors (Lipinski definition) is 2. The average Bonchev–Trinajstić information content (AvgIpc) is 3.24. The van der Waals surface area contributed by atoms with Crippen molar-refractivity contribution in [2.75, 3.05) is 17.2 Å². The molecule has 35 heavy (non-hydrogen) atoms. The number of rotatable bonds is 10. The number of aryl methyl sites for hydroxylation is 1. The van der Waals surface area contributed by atoms with Crippen LogP contribution in [0.3, 0.4) is 0 Å². The summed E-state index contributed by atoms with van der Waals surface area (Å²) in [4.78, 5) is 25.6. The molecule has 0 aliphatic rings. The maximum absolute atomic E-state index is 13.0. The van der Waals surface area contributed by atoms with Crippen molar-refractivity contribution in [3.63, 3.8) is 0 Å². The van der Waals surface area contributed by atoms with E-state index in [1.54, 1.807) is 32.4 Å². The number of nitrogens with one attached hydrogen (secondary N) is 2. The molecule has 0 aliphatic heterocycles. The molecule has 0 radical (unpaired) electrons. The molecule has 0 bridgehead atoms. The van der Waals surface area contributed by atoms with Crippen LogP contribution in [0.4, 0.5) is 16.2 Å². The van der Waals surface area contributed by atoms with Crippen LogP contribution in [0.5, 0.6) is 0 Å². The molecule has 0 spiro atoms. The van der Waals surface area contributed by atoms with Crippen LogP contribution < -0.4 is 10.6 Å². The van der Waals surface area contributed by atoms with Crippen molar-refractivity contribution in [2.45, 2.75) is 72.1 Å². The first kappa shape index (κ1) is 25.9. The van der Waals surface area contributed by atoms with E-state index in [4.69, 9.17) is 9.47 Å². The van der Waals surface area contributed by atoms with Crippen LogP contribution in [-0.2, 0) is 20.8 Å². The summed E-state index contributed by atoms with van der Waals surface area (Å²) < 4.78 is 12.4. The summed E-state index contributed by atoms with van der Waals surface area (Å²) in [5, 5.41) is 19.9. The number of unbranched alkanes of at least 4 members (excludes halogenated alkanes) is 2. The third-order valence-corrected chi connectivity index (χ3v) is 5.13. The second-order valence-corrected chi connectivity index (χ2v) is 9.17. The number of anilines is 2. The zero-order valence-electron chi connectivity index (χ0n) is 21.0. The Morgan fingerprint density at radius 1 is 1.06 bits per heavy atom. The Labute approximate surface area is 205 Å². The molecule has 3 rings (SSSR count). The Bertz CT molecular complexity index is 1150. The summed E-state index contributed by atoms with van der Waals surface area (Å²) in [6.07, 6.45) is 2.35. The highest BCUT2D eigenvalue weighted by atomic mass is 16.6. The fraction of sp³-hybridized carbons (Fsp3) is 0.480. The number of hydrogen-bond acceptors (Lipinski definition) is 8. The zero-order valence-corrected chi connectivity index (χ0v) is 21.0. The number of esters is 1. The molecule has 1 aromatic heterocycles. The van der Waals surface area contributed by atoms with Gasteiger partial charge in [-0.15, -0.1) is 5.10 Å². The van der Waals surface area contributed by atoms with E-state index in [9.17, 15) is 9.59 Å². The van der Waals surface area contributed by atoms with E-state index in [2.05, 4.69) is 33.1 Å². The molecule has 10 nitrogen and oxygen atoms in total. The van der Waals surface area contributed by atoms with Crippen LogP contribution in [-0.4, -0.2) is 44.5 Å². The quantitative estimate of drug-likeness (QED) is 0.303. The SMILES string of the molecule is CCCCCn1nnnc1C(Nc1cc2ccccc2cc1NC(=O)OC(C)(C)C)C(=O)OCC. The Kier molecular flexibility index (Phi) is 8.62. The summed E-state index contributed by atoms with van der Waals surface area (Å²) >= 11 is 0. The van der Waals surface area contributed by atoms with Gasteiger partial charge in [0.15, 0.2) is 11.9 Å². The minimum atomic E-state index is -0.980. The molecular formula is C25H34N6O4. The summed E-state index contributed by atoms with van der Waals surface area (Å²) in [5.74, 6) is -0.175. The lowest BCUT2D eigenvalue weighted by molar-refractivity contribution is -0.144. The Morgan fingerprint density at radius 2 is 1.74 bits per heavy atom. The number of carbonyl (C=O) groups excluding carboxylic acids is 2. The van der Waals surface area contributed by atoms with E-state index in [-0.39, 0.29) is 6.61 Å². The first-order valence-corrected chi connectivity index (χ1v) is 11.9. The summed E-state index contributed by atoms with van der Waals surface area (Å²) in [6, 6.07) is 10.4. The molecule has 1 heterocycles. The highest BCUT2D eigenvalue weighted by Crippen LogP contribution is 2.32. The number of amides is 1. The molecule has 2 aromatic carbocycles. The van der Waals surface area contributed by atoms with Crippen molar-refractivity contribution < 1.29 is 19.1 Å². The van der Waals surface area contributed by atoms with Gasteiger partial charge in [-0.3, -0.25) is 5.32 Å². The molecule has 0 saturated carbocycles. The molecule has 1 unspecified atom stereocenters. The van der Waals surface area contributed by atoms with E-state index >= 15 is 0 Å². The number of aromatic nitrogens is 4. The molecule has 1 amide bonds. The number of nitrogens with zero attached hydrogens (tertiary/aromatic N) is 4. The second-order valence-electron chi connectivity index (χ2n) is 9.17. The average molecular weight is 483 g/mol.